The molecule has 0 aromatic rings. The average Bonchev–Trinajstić information content (AvgIpc) is 2.08. The summed E-state index contributed by atoms with van der Waals surface area (Å²) in [5.41, 5.74) is -0.640. The first-order valence-corrected chi connectivity index (χ1v) is 4.41. The quantitative estimate of drug-likeness (QED) is 0.567. The van der Waals surface area contributed by atoms with Gasteiger partial charge >= 0.3 is 10.4 Å². The third-order valence-corrected chi connectivity index (χ3v) is 2.57. The van der Waals surface area contributed by atoms with Crippen LogP contribution in [0.15, 0.2) is 0 Å². The molecule has 0 bridgehead atoms. The largest absolute Gasteiger partial charge is 0.400 e. The zero-order valence-electron chi connectivity index (χ0n) is 5.96. The Labute approximate surface area is 60.5 Å². The molecule has 0 N–H and O–H groups in total. The number of hydrogen-bond donors (Lipinski definition) is 0. The zero-order chi connectivity index (χ0) is 7.83. The molecule has 1 saturated heterocycles. The monoisotopic (exact) mass is 166 g/mol. The van der Waals surface area contributed by atoms with Crippen LogP contribution in [0.5, 0.6) is 0 Å². The van der Waals surface area contributed by atoms with E-state index in [2.05, 4.69) is 8.37 Å². The molecule has 0 aromatic carbocycles. The number of hydrogen-bond acceptors (Lipinski definition) is 4. The van der Waals surface area contributed by atoms with Crippen molar-refractivity contribution in [1.29, 1.82) is 0 Å². The second-order valence-electron chi connectivity index (χ2n) is 2.56. The van der Waals surface area contributed by atoms with Gasteiger partial charge in [0.1, 0.15) is 5.60 Å². The smallest absolute Gasteiger partial charge is 0.245 e. The molecule has 1 heterocycles. The van der Waals surface area contributed by atoms with Gasteiger partial charge in [-0.05, 0) is 13.3 Å². The molecule has 0 aliphatic carbocycles. The predicted molar refractivity (Wildman–Crippen MR) is 34.7 cm³/mol. The van der Waals surface area contributed by atoms with Crippen LogP contribution >= 0.6 is 0 Å². The van der Waals surface area contributed by atoms with Gasteiger partial charge in [-0.15, -0.1) is 0 Å². The van der Waals surface area contributed by atoms with Crippen LogP contribution < -0.4 is 0 Å². The second kappa shape index (κ2) is 2.18. The first kappa shape index (κ1) is 7.97. The Balaban J connectivity index is 2.76. The van der Waals surface area contributed by atoms with E-state index in [9.17, 15) is 8.42 Å². The van der Waals surface area contributed by atoms with Gasteiger partial charge in [0.25, 0.3) is 0 Å². The van der Waals surface area contributed by atoms with Crippen LogP contribution in [-0.2, 0) is 18.8 Å². The van der Waals surface area contributed by atoms with Crippen molar-refractivity contribution < 1.29 is 16.8 Å². The summed E-state index contributed by atoms with van der Waals surface area (Å²) in [4.78, 5) is 0. The van der Waals surface area contributed by atoms with Crippen molar-refractivity contribution in [3.05, 3.63) is 0 Å². The number of rotatable bonds is 1. The summed E-state index contributed by atoms with van der Waals surface area (Å²) >= 11 is 0. The van der Waals surface area contributed by atoms with Gasteiger partial charge in [0.15, 0.2) is 0 Å². The van der Waals surface area contributed by atoms with E-state index < -0.39 is 16.0 Å². The summed E-state index contributed by atoms with van der Waals surface area (Å²) in [6, 6.07) is 0. The van der Waals surface area contributed by atoms with Gasteiger partial charge in [-0.1, -0.05) is 6.92 Å². The molecule has 1 rings (SSSR count). The van der Waals surface area contributed by atoms with Crippen LogP contribution in [0, 0.1) is 0 Å². The molecule has 5 heteroatoms. The maximum absolute atomic E-state index is 10.6. The van der Waals surface area contributed by atoms with E-state index in [1.165, 1.54) is 0 Å². The third kappa shape index (κ3) is 1.47. The highest BCUT2D eigenvalue weighted by Gasteiger charge is 2.39. The summed E-state index contributed by atoms with van der Waals surface area (Å²) in [5.74, 6) is 0. The van der Waals surface area contributed by atoms with Crippen LogP contribution in [0.25, 0.3) is 0 Å². The molecule has 0 aromatic heterocycles. The Kier molecular flexibility index (Phi) is 1.74. The lowest BCUT2D eigenvalue weighted by atomic mass is 10.1. The molecule has 1 aliphatic heterocycles. The van der Waals surface area contributed by atoms with E-state index in [-0.39, 0.29) is 6.61 Å². The summed E-state index contributed by atoms with van der Waals surface area (Å²) in [5, 5.41) is 0. The van der Waals surface area contributed by atoms with E-state index >= 15 is 0 Å². The van der Waals surface area contributed by atoms with Gasteiger partial charge in [-0.2, -0.15) is 8.42 Å². The first-order chi connectivity index (χ1) is 4.47. The minimum Gasteiger partial charge on any atom is -0.245 e. The Morgan fingerprint density at radius 1 is 1.60 bits per heavy atom. The molecule has 0 spiro atoms. The highest BCUT2D eigenvalue weighted by atomic mass is 32.3. The fraction of sp³-hybridized carbons (Fsp3) is 1.00. The van der Waals surface area contributed by atoms with Crippen molar-refractivity contribution in [3.63, 3.8) is 0 Å². The lowest BCUT2D eigenvalue weighted by Gasteiger charge is -2.14. The Bertz CT molecular complexity index is 220. The van der Waals surface area contributed by atoms with E-state index in [1.807, 2.05) is 6.92 Å². The van der Waals surface area contributed by atoms with E-state index in [0.717, 1.165) is 0 Å². The predicted octanol–water partition coefficient (Wildman–Crippen LogP) is 0.447. The highest BCUT2D eigenvalue weighted by Crippen LogP contribution is 2.26. The van der Waals surface area contributed by atoms with Crippen molar-refractivity contribution in [2.24, 2.45) is 0 Å². The van der Waals surface area contributed by atoms with E-state index in [1.54, 1.807) is 6.92 Å². The van der Waals surface area contributed by atoms with Crippen LogP contribution in [0.1, 0.15) is 20.3 Å². The summed E-state index contributed by atoms with van der Waals surface area (Å²) < 4.78 is 30.2. The van der Waals surface area contributed by atoms with Gasteiger partial charge in [-0.3, -0.25) is 0 Å². The Hall–Kier alpha value is -0.130. The molecule has 1 atom stereocenters. The van der Waals surface area contributed by atoms with Crippen molar-refractivity contribution >= 4 is 10.4 Å². The molecule has 1 fully saturated rings. The lowest BCUT2D eigenvalue weighted by molar-refractivity contribution is 0.112. The summed E-state index contributed by atoms with van der Waals surface area (Å²) in [6.07, 6.45) is 0.631. The van der Waals surface area contributed by atoms with Crippen molar-refractivity contribution in [3.8, 4) is 0 Å². The molecule has 0 saturated carbocycles. The molecule has 0 radical (unpaired) electrons. The van der Waals surface area contributed by atoms with Crippen LogP contribution in [0.4, 0.5) is 0 Å². The maximum atomic E-state index is 10.6. The first-order valence-electron chi connectivity index (χ1n) is 3.07. The van der Waals surface area contributed by atoms with E-state index in [0.29, 0.717) is 6.42 Å². The van der Waals surface area contributed by atoms with Gasteiger partial charge in [0, 0.05) is 0 Å². The fourth-order valence-electron chi connectivity index (χ4n) is 0.652. The maximum Gasteiger partial charge on any atom is 0.400 e. The summed E-state index contributed by atoms with van der Waals surface area (Å²) in [6.45, 7) is 3.69. The van der Waals surface area contributed by atoms with Gasteiger partial charge in [0.05, 0.1) is 6.61 Å². The Morgan fingerprint density at radius 2 is 2.20 bits per heavy atom. The molecule has 1 aliphatic rings. The van der Waals surface area contributed by atoms with Gasteiger partial charge in [-0.25, -0.2) is 8.37 Å². The Morgan fingerprint density at radius 3 is 2.40 bits per heavy atom. The normalized spacial score (nSPS) is 38.2. The molecule has 10 heavy (non-hydrogen) atoms. The lowest BCUT2D eigenvalue weighted by Crippen LogP contribution is -2.25. The topological polar surface area (TPSA) is 52.6 Å². The second-order valence-corrected chi connectivity index (χ2v) is 3.78. The van der Waals surface area contributed by atoms with Crippen molar-refractivity contribution in [2.45, 2.75) is 25.9 Å². The average molecular weight is 166 g/mol. The SMILES string of the molecule is CCC1(C)COS(=O)(=O)O1. The van der Waals surface area contributed by atoms with Crippen molar-refractivity contribution in [2.75, 3.05) is 6.61 Å². The fourth-order valence-corrected chi connectivity index (χ4v) is 1.75. The standard InChI is InChI=1S/C5H10O4S/c1-3-5(2)4-8-10(6,7)9-5/h3-4H2,1-2H3. The van der Waals surface area contributed by atoms with Gasteiger partial charge in [0.2, 0.25) is 0 Å². The molecule has 1 unspecified atom stereocenters. The minimum atomic E-state index is -3.67. The van der Waals surface area contributed by atoms with E-state index in [4.69, 9.17) is 0 Å². The van der Waals surface area contributed by atoms with Crippen molar-refractivity contribution in [1.82, 2.24) is 0 Å². The zero-order valence-corrected chi connectivity index (χ0v) is 6.77. The molecule has 0 amide bonds. The van der Waals surface area contributed by atoms with Crippen LogP contribution in [0.2, 0.25) is 0 Å². The van der Waals surface area contributed by atoms with Crippen LogP contribution in [-0.4, -0.2) is 20.6 Å². The molecular formula is C5H10O4S. The van der Waals surface area contributed by atoms with Gasteiger partial charge < -0.3 is 0 Å². The minimum absolute atomic E-state index is 0.131. The molecular weight excluding hydrogens is 156 g/mol. The molecule has 60 valence electrons. The summed E-state index contributed by atoms with van der Waals surface area (Å²) in [7, 11) is -3.67. The highest BCUT2D eigenvalue weighted by molar-refractivity contribution is 7.82. The van der Waals surface area contributed by atoms with Crippen LogP contribution in [0.3, 0.4) is 0 Å². The third-order valence-electron chi connectivity index (χ3n) is 1.56. The molecule has 4 nitrogen and oxygen atoms in total.